The van der Waals surface area contributed by atoms with Gasteiger partial charge in [0.1, 0.15) is 5.75 Å². The van der Waals surface area contributed by atoms with Gasteiger partial charge in [-0.1, -0.05) is 0 Å². The molecule has 0 aromatic heterocycles. The molecule has 0 radical (unpaired) electrons. The van der Waals surface area contributed by atoms with Crippen LogP contribution < -0.4 is 19.9 Å². The van der Waals surface area contributed by atoms with E-state index in [9.17, 15) is 0 Å². The number of nitrogens with two attached hydrogens (primary N) is 1. The number of rotatable bonds is 6. The standard InChI is InChI=1S/C13H21NO4/c1-8(2)18-13-6-11(16-3)9(10(14)7-15)5-12(13)17-4/h5-6,8,10,15H,7,14H2,1-4H3. The molecule has 5 heteroatoms. The zero-order chi connectivity index (χ0) is 13.7. The van der Waals surface area contributed by atoms with Crippen LogP contribution in [0.5, 0.6) is 17.2 Å². The van der Waals surface area contributed by atoms with Crippen LogP contribution in [0, 0.1) is 0 Å². The van der Waals surface area contributed by atoms with Crippen molar-refractivity contribution in [1.29, 1.82) is 0 Å². The number of aliphatic hydroxyl groups is 1. The average molecular weight is 255 g/mol. The molecule has 5 nitrogen and oxygen atoms in total. The lowest BCUT2D eigenvalue weighted by atomic mass is 10.1. The first-order chi connectivity index (χ1) is 8.53. The van der Waals surface area contributed by atoms with E-state index in [-0.39, 0.29) is 12.7 Å². The average Bonchev–Trinajstić information content (AvgIpc) is 2.36. The maximum atomic E-state index is 9.13. The Balaban J connectivity index is 3.23. The highest BCUT2D eigenvalue weighted by atomic mass is 16.5. The van der Waals surface area contributed by atoms with E-state index in [1.807, 2.05) is 13.8 Å². The fourth-order valence-electron chi connectivity index (χ4n) is 1.63. The third-order valence-corrected chi connectivity index (χ3v) is 2.47. The van der Waals surface area contributed by atoms with Crippen molar-refractivity contribution in [2.24, 2.45) is 5.73 Å². The molecule has 0 saturated heterocycles. The molecule has 0 aliphatic heterocycles. The van der Waals surface area contributed by atoms with E-state index in [1.165, 1.54) is 0 Å². The summed E-state index contributed by atoms with van der Waals surface area (Å²) in [7, 11) is 3.11. The zero-order valence-electron chi connectivity index (χ0n) is 11.3. The van der Waals surface area contributed by atoms with Crippen LogP contribution in [0.25, 0.3) is 0 Å². The Kier molecular flexibility index (Phi) is 5.25. The van der Waals surface area contributed by atoms with Gasteiger partial charge in [0.15, 0.2) is 11.5 Å². The Hall–Kier alpha value is -1.46. The van der Waals surface area contributed by atoms with Crippen LogP contribution in [-0.2, 0) is 0 Å². The summed E-state index contributed by atoms with van der Waals surface area (Å²) in [6, 6.07) is 2.95. The second-order valence-corrected chi connectivity index (χ2v) is 4.20. The molecule has 0 saturated carbocycles. The minimum Gasteiger partial charge on any atom is -0.496 e. The molecule has 1 atom stereocenters. The van der Waals surface area contributed by atoms with Crippen LogP contribution in [0.15, 0.2) is 12.1 Å². The van der Waals surface area contributed by atoms with E-state index in [0.29, 0.717) is 22.8 Å². The maximum Gasteiger partial charge on any atom is 0.165 e. The normalized spacial score (nSPS) is 12.4. The van der Waals surface area contributed by atoms with Gasteiger partial charge in [-0.2, -0.15) is 0 Å². The first kappa shape index (κ1) is 14.6. The Morgan fingerprint density at radius 3 is 2.17 bits per heavy atom. The summed E-state index contributed by atoms with van der Waals surface area (Å²) in [4.78, 5) is 0. The van der Waals surface area contributed by atoms with Crippen LogP contribution in [0.1, 0.15) is 25.5 Å². The molecule has 0 fully saturated rings. The number of methoxy groups -OCH3 is 2. The highest BCUT2D eigenvalue weighted by Crippen LogP contribution is 2.37. The second-order valence-electron chi connectivity index (χ2n) is 4.20. The van der Waals surface area contributed by atoms with Gasteiger partial charge < -0.3 is 25.1 Å². The van der Waals surface area contributed by atoms with Crippen LogP contribution in [0.2, 0.25) is 0 Å². The molecule has 1 aromatic carbocycles. The molecule has 0 amide bonds. The summed E-state index contributed by atoms with van der Waals surface area (Å²) in [5.41, 5.74) is 6.51. The first-order valence-electron chi connectivity index (χ1n) is 5.82. The lowest BCUT2D eigenvalue weighted by Crippen LogP contribution is -2.16. The smallest absolute Gasteiger partial charge is 0.165 e. The van der Waals surface area contributed by atoms with Crippen molar-refractivity contribution in [3.8, 4) is 17.2 Å². The Morgan fingerprint density at radius 1 is 1.11 bits per heavy atom. The molecule has 3 N–H and O–H groups in total. The summed E-state index contributed by atoms with van der Waals surface area (Å²) in [5, 5.41) is 9.13. The van der Waals surface area contributed by atoms with Gasteiger partial charge in [-0.15, -0.1) is 0 Å². The Labute approximate surface area is 107 Å². The van der Waals surface area contributed by atoms with Gasteiger partial charge in [-0.05, 0) is 19.9 Å². The maximum absolute atomic E-state index is 9.13. The van der Waals surface area contributed by atoms with Crippen molar-refractivity contribution in [1.82, 2.24) is 0 Å². The van der Waals surface area contributed by atoms with E-state index in [2.05, 4.69) is 0 Å². The zero-order valence-corrected chi connectivity index (χ0v) is 11.3. The molecule has 102 valence electrons. The predicted molar refractivity (Wildman–Crippen MR) is 69.3 cm³/mol. The number of hydrogen-bond acceptors (Lipinski definition) is 5. The third kappa shape index (κ3) is 3.27. The summed E-state index contributed by atoms with van der Waals surface area (Å²) >= 11 is 0. The van der Waals surface area contributed by atoms with Crippen molar-refractivity contribution in [3.05, 3.63) is 17.7 Å². The van der Waals surface area contributed by atoms with Crippen molar-refractivity contribution in [2.45, 2.75) is 26.0 Å². The molecule has 0 bridgehead atoms. The quantitative estimate of drug-likeness (QED) is 0.805. The van der Waals surface area contributed by atoms with E-state index in [1.54, 1.807) is 26.4 Å². The SMILES string of the molecule is COc1cc(C(N)CO)c(OC)cc1OC(C)C. The largest absolute Gasteiger partial charge is 0.496 e. The van der Waals surface area contributed by atoms with Gasteiger partial charge in [0.25, 0.3) is 0 Å². The molecule has 0 heterocycles. The monoisotopic (exact) mass is 255 g/mol. The molecule has 1 aromatic rings. The first-order valence-corrected chi connectivity index (χ1v) is 5.82. The van der Waals surface area contributed by atoms with E-state index in [4.69, 9.17) is 25.1 Å². The van der Waals surface area contributed by atoms with Crippen LogP contribution >= 0.6 is 0 Å². The number of hydrogen-bond donors (Lipinski definition) is 2. The van der Waals surface area contributed by atoms with Crippen LogP contribution in [0.3, 0.4) is 0 Å². The van der Waals surface area contributed by atoms with E-state index in [0.717, 1.165) is 0 Å². The fraction of sp³-hybridized carbons (Fsp3) is 0.538. The topological polar surface area (TPSA) is 73.9 Å². The minimum absolute atomic E-state index is 0.0287. The van der Waals surface area contributed by atoms with Gasteiger partial charge in [0.05, 0.1) is 33.0 Å². The summed E-state index contributed by atoms with van der Waals surface area (Å²) < 4.78 is 16.2. The molecular formula is C13H21NO4. The van der Waals surface area contributed by atoms with E-state index < -0.39 is 6.04 Å². The number of benzene rings is 1. The number of ether oxygens (including phenoxy) is 3. The summed E-state index contributed by atoms with van der Waals surface area (Å²) in [5.74, 6) is 1.75. The highest BCUT2D eigenvalue weighted by molar-refractivity contribution is 5.51. The molecule has 18 heavy (non-hydrogen) atoms. The molecule has 0 spiro atoms. The van der Waals surface area contributed by atoms with Crippen molar-refractivity contribution in [2.75, 3.05) is 20.8 Å². The number of aliphatic hydroxyl groups excluding tert-OH is 1. The fourth-order valence-corrected chi connectivity index (χ4v) is 1.63. The lowest BCUT2D eigenvalue weighted by Gasteiger charge is -2.19. The van der Waals surface area contributed by atoms with Gasteiger partial charge in [-0.3, -0.25) is 0 Å². The van der Waals surface area contributed by atoms with Crippen LogP contribution in [0.4, 0.5) is 0 Å². The van der Waals surface area contributed by atoms with Crippen molar-refractivity contribution >= 4 is 0 Å². The van der Waals surface area contributed by atoms with Gasteiger partial charge in [0.2, 0.25) is 0 Å². The molecular weight excluding hydrogens is 234 g/mol. The third-order valence-electron chi connectivity index (χ3n) is 2.47. The van der Waals surface area contributed by atoms with Crippen molar-refractivity contribution in [3.63, 3.8) is 0 Å². The lowest BCUT2D eigenvalue weighted by molar-refractivity contribution is 0.227. The predicted octanol–water partition coefficient (Wildman–Crippen LogP) is 1.48. The van der Waals surface area contributed by atoms with Crippen LogP contribution in [-0.4, -0.2) is 32.0 Å². The minimum atomic E-state index is -0.512. The molecule has 0 aliphatic rings. The Morgan fingerprint density at radius 2 is 1.72 bits per heavy atom. The molecule has 0 aliphatic carbocycles. The van der Waals surface area contributed by atoms with Gasteiger partial charge in [0, 0.05) is 11.6 Å². The highest BCUT2D eigenvalue weighted by Gasteiger charge is 2.17. The summed E-state index contributed by atoms with van der Waals surface area (Å²) in [6.45, 7) is 3.70. The molecule has 1 unspecified atom stereocenters. The molecule has 1 rings (SSSR count). The van der Waals surface area contributed by atoms with Gasteiger partial charge in [-0.25, -0.2) is 0 Å². The van der Waals surface area contributed by atoms with Crippen molar-refractivity contribution < 1.29 is 19.3 Å². The second kappa shape index (κ2) is 6.47. The summed E-state index contributed by atoms with van der Waals surface area (Å²) in [6.07, 6.45) is 0.0287. The van der Waals surface area contributed by atoms with Gasteiger partial charge >= 0.3 is 0 Å². The Bertz CT molecular complexity index is 393. The van der Waals surface area contributed by atoms with E-state index >= 15 is 0 Å².